The molecule has 1 heterocycles. The molecule has 0 fully saturated rings. The van der Waals surface area contributed by atoms with Crippen LogP contribution < -0.4 is 4.74 Å². The number of benzene rings is 2. The first-order valence-corrected chi connectivity index (χ1v) is 8.12. The highest BCUT2D eigenvalue weighted by atomic mass is 35.5. The summed E-state index contributed by atoms with van der Waals surface area (Å²) in [6, 6.07) is 12.9. The number of H-pyrrole nitrogens is 1. The lowest BCUT2D eigenvalue weighted by atomic mass is 10.2. The Kier molecular flexibility index (Phi) is 5.30. The van der Waals surface area contributed by atoms with Crippen molar-refractivity contribution in [1.29, 1.82) is 0 Å². The van der Waals surface area contributed by atoms with Gasteiger partial charge in [-0.1, -0.05) is 41.4 Å². The number of aromatic nitrogens is 3. The minimum absolute atomic E-state index is 0.284. The number of nitrogens with one attached hydrogen (secondary N) is 1. The van der Waals surface area contributed by atoms with Crippen LogP contribution >= 0.6 is 35.4 Å². The van der Waals surface area contributed by atoms with E-state index in [1.54, 1.807) is 24.4 Å². The molecule has 0 saturated carbocycles. The van der Waals surface area contributed by atoms with Crippen molar-refractivity contribution in [2.75, 3.05) is 0 Å². The first-order valence-electron chi connectivity index (χ1n) is 6.95. The molecule has 0 aliphatic heterocycles. The van der Waals surface area contributed by atoms with Crippen LogP contribution in [0.1, 0.15) is 11.1 Å². The number of ether oxygens (including phenoxy) is 1. The molecule has 0 saturated heterocycles. The van der Waals surface area contributed by atoms with E-state index in [0.29, 0.717) is 20.6 Å². The lowest BCUT2D eigenvalue weighted by molar-refractivity contribution is 0.306. The van der Waals surface area contributed by atoms with Gasteiger partial charge in [-0.25, -0.2) is 0 Å². The number of hydrogen-bond acceptors (Lipinski definition) is 4. The van der Waals surface area contributed by atoms with Crippen molar-refractivity contribution in [3.8, 4) is 5.75 Å². The number of aromatic amines is 1. The van der Waals surface area contributed by atoms with Crippen LogP contribution in [0.25, 0.3) is 0 Å². The Hall–Kier alpha value is -2.15. The molecule has 0 spiro atoms. The third-order valence-electron chi connectivity index (χ3n) is 3.17. The monoisotopic (exact) mass is 378 g/mol. The third-order valence-corrected chi connectivity index (χ3v) is 4.16. The van der Waals surface area contributed by atoms with Gasteiger partial charge in [0.1, 0.15) is 18.7 Å². The molecule has 0 bridgehead atoms. The largest absolute Gasteiger partial charge is 0.489 e. The van der Waals surface area contributed by atoms with E-state index in [-0.39, 0.29) is 6.61 Å². The molecule has 122 valence electrons. The minimum Gasteiger partial charge on any atom is -0.489 e. The Morgan fingerprint density at radius 2 is 1.96 bits per heavy atom. The molecule has 0 aliphatic carbocycles. The highest BCUT2D eigenvalue weighted by molar-refractivity contribution is 7.71. The summed E-state index contributed by atoms with van der Waals surface area (Å²) in [6.07, 6.45) is 3.17. The normalized spacial score (nSPS) is 11.1. The Bertz CT molecular complexity index is 915. The van der Waals surface area contributed by atoms with Gasteiger partial charge in [0.25, 0.3) is 0 Å². The summed E-state index contributed by atoms with van der Waals surface area (Å²) >= 11 is 17.3. The fourth-order valence-electron chi connectivity index (χ4n) is 1.96. The maximum atomic E-state index is 6.14. The Balaban J connectivity index is 1.73. The molecule has 0 amide bonds. The summed E-state index contributed by atoms with van der Waals surface area (Å²) < 4.78 is 7.67. The Labute approximate surface area is 153 Å². The maximum absolute atomic E-state index is 6.14. The molecule has 3 aromatic rings. The lowest BCUT2D eigenvalue weighted by Gasteiger charge is -2.09. The number of halogens is 2. The first kappa shape index (κ1) is 16.7. The molecule has 5 nitrogen and oxygen atoms in total. The molecular weight excluding hydrogens is 367 g/mol. The second-order valence-corrected chi connectivity index (χ2v) is 6.01. The molecule has 1 N–H and O–H groups in total. The Morgan fingerprint density at radius 3 is 2.67 bits per heavy atom. The van der Waals surface area contributed by atoms with Gasteiger partial charge in [0.2, 0.25) is 4.77 Å². The predicted molar refractivity (Wildman–Crippen MR) is 97.6 cm³/mol. The molecule has 0 atom stereocenters. The van der Waals surface area contributed by atoms with Gasteiger partial charge < -0.3 is 4.74 Å². The van der Waals surface area contributed by atoms with Crippen molar-refractivity contribution in [3.05, 3.63) is 74.7 Å². The van der Waals surface area contributed by atoms with Gasteiger partial charge in [0.05, 0.1) is 6.21 Å². The van der Waals surface area contributed by atoms with E-state index in [1.165, 1.54) is 11.0 Å². The van der Waals surface area contributed by atoms with Crippen LogP contribution in [0.15, 0.2) is 53.9 Å². The molecule has 0 aliphatic rings. The lowest BCUT2D eigenvalue weighted by Crippen LogP contribution is -1.98. The number of hydrogen-bond donors (Lipinski definition) is 1. The van der Waals surface area contributed by atoms with E-state index in [2.05, 4.69) is 15.3 Å². The predicted octanol–water partition coefficient (Wildman–Crippen LogP) is 4.71. The molecule has 2 aromatic carbocycles. The summed E-state index contributed by atoms with van der Waals surface area (Å²) in [7, 11) is 0. The molecule has 1 aromatic heterocycles. The average Bonchev–Trinajstić information content (AvgIpc) is 2.98. The highest BCUT2D eigenvalue weighted by Gasteiger charge is 2.06. The van der Waals surface area contributed by atoms with Gasteiger partial charge in [0.15, 0.2) is 0 Å². The van der Waals surface area contributed by atoms with E-state index in [4.69, 9.17) is 40.2 Å². The third kappa shape index (κ3) is 4.03. The highest BCUT2D eigenvalue weighted by Crippen LogP contribution is 2.26. The van der Waals surface area contributed by atoms with Gasteiger partial charge >= 0.3 is 0 Å². The fraction of sp³-hybridized carbons (Fsp3) is 0.0625. The molecule has 3 rings (SSSR count). The van der Waals surface area contributed by atoms with E-state index in [9.17, 15) is 0 Å². The standard InChI is InChI=1S/C16H12Cl2N4OS/c17-14-5-2-6-15(18)13(14)9-23-12-4-1-3-11(7-12)8-20-22-10-19-21-16(22)24/h1-8,10H,9H2,(H,21,24)/b20-8+. The molecule has 0 unspecified atom stereocenters. The quantitative estimate of drug-likeness (QED) is 0.516. The van der Waals surface area contributed by atoms with Crippen LogP contribution in [-0.4, -0.2) is 21.1 Å². The summed E-state index contributed by atoms with van der Waals surface area (Å²) in [5.74, 6) is 0.686. The van der Waals surface area contributed by atoms with Crippen LogP contribution in [0, 0.1) is 4.77 Å². The van der Waals surface area contributed by atoms with Crippen molar-refractivity contribution in [1.82, 2.24) is 14.9 Å². The van der Waals surface area contributed by atoms with Gasteiger partial charge in [-0.05, 0) is 42.0 Å². The van der Waals surface area contributed by atoms with Crippen molar-refractivity contribution in [3.63, 3.8) is 0 Å². The maximum Gasteiger partial charge on any atom is 0.216 e. The Morgan fingerprint density at radius 1 is 1.21 bits per heavy atom. The van der Waals surface area contributed by atoms with E-state index in [0.717, 1.165) is 11.1 Å². The summed E-state index contributed by atoms with van der Waals surface area (Å²) in [4.78, 5) is 0. The zero-order chi connectivity index (χ0) is 16.9. The average molecular weight is 379 g/mol. The second kappa shape index (κ2) is 7.61. The van der Waals surface area contributed by atoms with Gasteiger partial charge in [0, 0.05) is 15.6 Å². The van der Waals surface area contributed by atoms with Crippen molar-refractivity contribution in [2.24, 2.45) is 5.10 Å². The van der Waals surface area contributed by atoms with Crippen molar-refractivity contribution in [2.45, 2.75) is 6.61 Å². The summed E-state index contributed by atoms with van der Waals surface area (Å²) in [5, 5.41) is 11.8. The van der Waals surface area contributed by atoms with Crippen molar-refractivity contribution >= 4 is 41.6 Å². The number of rotatable bonds is 5. The van der Waals surface area contributed by atoms with Crippen molar-refractivity contribution < 1.29 is 4.74 Å². The SMILES string of the molecule is S=c1[nH]ncn1/N=C/c1cccc(OCc2c(Cl)cccc2Cl)c1. The second-order valence-electron chi connectivity index (χ2n) is 4.81. The van der Waals surface area contributed by atoms with Gasteiger partial charge in [-0.15, -0.1) is 0 Å². The smallest absolute Gasteiger partial charge is 0.216 e. The molecule has 24 heavy (non-hydrogen) atoms. The minimum atomic E-state index is 0.284. The van der Waals surface area contributed by atoms with Gasteiger partial charge in [-0.3, -0.25) is 5.10 Å². The zero-order valence-electron chi connectivity index (χ0n) is 12.3. The van der Waals surface area contributed by atoms with Crippen LogP contribution in [0.4, 0.5) is 0 Å². The van der Waals surface area contributed by atoms with Crippen LogP contribution in [0.2, 0.25) is 10.0 Å². The van der Waals surface area contributed by atoms with E-state index >= 15 is 0 Å². The molecule has 8 heteroatoms. The summed E-state index contributed by atoms with van der Waals surface area (Å²) in [5.41, 5.74) is 1.62. The van der Waals surface area contributed by atoms with Gasteiger partial charge in [-0.2, -0.15) is 14.9 Å². The van der Waals surface area contributed by atoms with E-state index < -0.39 is 0 Å². The topological polar surface area (TPSA) is 55.2 Å². The van der Waals surface area contributed by atoms with Crippen LogP contribution in [0.5, 0.6) is 5.75 Å². The van der Waals surface area contributed by atoms with Crippen LogP contribution in [-0.2, 0) is 6.61 Å². The number of nitrogens with zero attached hydrogens (tertiary/aromatic N) is 3. The summed E-state index contributed by atoms with van der Waals surface area (Å²) in [6.45, 7) is 0.284. The fourth-order valence-corrected chi connectivity index (χ4v) is 2.62. The molecule has 0 radical (unpaired) electrons. The van der Waals surface area contributed by atoms with E-state index in [1.807, 2.05) is 24.3 Å². The first-order chi connectivity index (χ1) is 11.6. The zero-order valence-corrected chi connectivity index (χ0v) is 14.6. The molecular formula is C16H12Cl2N4OS. The van der Waals surface area contributed by atoms with Crippen LogP contribution in [0.3, 0.4) is 0 Å².